The van der Waals surface area contributed by atoms with Gasteiger partial charge in [-0.25, -0.2) is 0 Å². The van der Waals surface area contributed by atoms with E-state index in [1.54, 1.807) is 0 Å². The molecule has 0 saturated carbocycles. The Labute approximate surface area is 162 Å². The fourth-order valence-electron chi connectivity index (χ4n) is 3.44. The average molecular weight is 367 g/mol. The number of benzene rings is 2. The number of nitrogens with zero attached hydrogens (tertiary/aromatic N) is 1. The van der Waals surface area contributed by atoms with E-state index in [0.29, 0.717) is 5.57 Å². The summed E-state index contributed by atoms with van der Waals surface area (Å²) < 4.78 is 11.1. The minimum Gasteiger partial charge on any atom is -0.491 e. The number of hydrogen-bond acceptors (Lipinski definition) is 4. The van der Waals surface area contributed by atoms with Crippen LogP contribution in [0.3, 0.4) is 0 Å². The second kappa shape index (κ2) is 8.15. The van der Waals surface area contributed by atoms with Crippen molar-refractivity contribution in [2.24, 2.45) is 0 Å². The number of aliphatic hydroxyl groups is 1. The summed E-state index contributed by atoms with van der Waals surface area (Å²) >= 11 is 0. The molecule has 4 heteroatoms. The summed E-state index contributed by atoms with van der Waals surface area (Å²) in [5.74, 6) is 0.792. The maximum atomic E-state index is 11.5. The number of rotatable bonds is 6. The lowest BCUT2D eigenvalue weighted by molar-refractivity contribution is 0.121. The minimum absolute atomic E-state index is 0.114. The summed E-state index contributed by atoms with van der Waals surface area (Å²) in [6.07, 6.45) is 0.114. The number of ether oxygens (including phenoxy) is 2. The Bertz CT molecular complexity index is 761. The van der Waals surface area contributed by atoms with Crippen molar-refractivity contribution >= 4 is 5.69 Å². The molecule has 144 valence electrons. The predicted octanol–water partition coefficient (Wildman–Crippen LogP) is 4.12. The molecule has 1 aliphatic rings. The Morgan fingerprint density at radius 3 is 2.04 bits per heavy atom. The zero-order valence-electron chi connectivity index (χ0n) is 16.4. The van der Waals surface area contributed by atoms with Gasteiger partial charge in [-0.15, -0.1) is 0 Å². The molecule has 2 aromatic rings. The van der Waals surface area contributed by atoms with E-state index in [2.05, 4.69) is 23.6 Å². The molecule has 1 saturated heterocycles. The molecule has 1 atom stereocenters. The Hall–Kier alpha value is -2.30. The van der Waals surface area contributed by atoms with Crippen molar-refractivity contribution in [3.63, 3.8) is 0 Å². The van der Waals surface area contributed by atoms with Gasteiger partial charge in [0.1, 0.15) is 11.4 Å². The quantitative estimate of drug-likeness (QED) is 0.780. The number of hydrogen-bond donors (Lipinski definition) is 1. The topological polar surface area (TPSA) is 41.9 Å². The summed E-state index contributed by atoms with van der Waals surface area (Å²) in [6, 6.07) is 15.7. The van der Waals surface area contributed by atoms with Crippen molar-refractivity contribution in [3.05, 3.63) is 71.8 Å². The van der Waals surface area contributed by atoms with E-state index in [1.807, 2.05) is 57.2 Å². The first-order valence-corrected chi connectivity index (χ1v) is 9.50. The molecule has 1 N–H and O–H groups in total. The third-order valence-electron chi connectivity index (χ3n) is 4.92. The van der Waals surface area contributed by atoms with Gasteiger partial charge in [0.25, 0.3) is 0 Å². The zero-order chi connectivity index (χ0) is 19.4. The molecule has 1 fully saturated rings. The lowest BCUT2D eigenvalue weighted by Crippen LogP contribution is -2.36. The predicted molar refractivity (Wildman–Crippen MR) is 109 cm³/mol. The van der Waals surface area contributed by atoms with Crippen LogP contribution in [0.5, 0.6) is 5.75 Å². The van der Waals surface area contributed by atoms with E-state index in [1.165, 1.54) is 0 Å². The van der Waals surface area contributed by atoms with Gasteiger partial charge >= 0.3 is 0 Å². The average Bonchev–Trinajstić information content (AvgIpc) is 2.68. The van der Waals surface area contributed by atoms with Gasteiger partial charge in [0.15, 0.2) is 0 Å². The second-order valence-electron chi connectivity index (χ2n) is 7.33. The molecule has 0 radical (unpaired) electrons. The third-order valence-corrected chi connectivity index (χ3v) is 4.92. The van der Waals surface area contributed by atoms with E-state index in [-0.39, 0.29) is 6.10 Å². The van der Waals surface area contributed by atoms with Crippen LogP contribution >= 0.6 is 0 Å². The molecule has 3 rings (SSSR count). The molecule has 0 aromatic heterocycles. The van der Waals surface area contributed by atoms with Gasteiger partial charge in [-0.1, -0.05) is 30.8 Å². The Morgan fingerprint density at radius 1 is 1.04 bits per heavy atom. The van der Waals surface area contributed by atoms with Crippen LogP contribution in [-0.4, -0.2) is 37.5 Å². The Morgan fingerprint density at radius 2 is 1.56 bits per heavy atom. The van der Waals surface area contributed by atoms with E-state index in [0.717, 1.165) is 48.9 Å². The first-order valence-electron chi connectivity index (χ1n) is 9.50. The third kappa shape index (κ3) is 4.18. The zero-order valence-corrected chi connectivity index (χ0v) is 16.4. The molecule has 0 bridgehead atoms. The maximum absolute atomic E-state index is 11.5. The van der Waals surface area contributed by atoms with E-state index < -0.39 is 5.60 Å². The van der Waals surface area contributed by atoms with Gasteiger partial charge in [0.2, 0.25) is 0 Å². The number of anilines is 1. The van der Waals surface area contributed by atoms with Crippen LogP contribution in [0.25, 0.3) is 0 Å². The highest BCUT2D eigenvalue weighted by Gasteiger charge is 2.32. The van der Waals surface area contributed by atoms with Crippen molar-refractivity contribution in [2.45, 2.75) is 32.5 Å². The molecular formula is C23H29NO3. The molecule has 2 aromatic carbocycles. The first kappa shape index (κ1) is 19.5. The Kier molecular flexibility index (Phi) is 5.88. The Balaban J connectivity index is 1.88. The van der Waals surface area contributed by atoms with Crippen molar-refractivity contribution in [3.8, 4) is 5.75 Å². The van der Waals surface area contributed by atoms with Crippen molar-refractivity contribution in [1.29, 1.82) is 0 Å². The molecule has 0 amide bonds. The van der Waals surface area contributed by atoms with Crippen LogP contribution in [0.2, 0.25) is 0 Å². The highest BCUT2D eigenvalue weighted by Crippen LogP contribution is 2.37. The summed E-state index contributed by atoms with van der Waals surface area (Å²) in [7, 11) is 0. The molecule has 1 aliphatic heterocycles. The van der Waals surface area contributed by atoms with E-state index in [9.17, 15) is 5.11 Å². The van der Waals surface area contributed by atoms with Crippen LogP contribution < -0.4 is 9.64 Å². The van der Waals surface area contributed by atoms with Gasteiger partial charge in [-0.2, -0.15) is 0 Å². The maximum Gasteiger partial charge on any atom is 0.136 e. The second-order valence-corrected chi connectivity index (χ2v) is 7.33. The molecular weight excluding hydrogens is 338 g/mol. The summed E-state index contributed by atoms with van der Waals surface area (Å²) in [5, 5.41) is 11.5. The minimum atomic E-state index is -1.24. The van der Waals surface area contributed by atoms with Gasteiger partial charge in [0.05, 0.1) is 19.3 Å². The van der Waals surface area contributed by atoms with Crippen molar-refractivity contribution in [2.75, 3.05) is 31.2 Å². The number of morpholine rings is 1. The highest BCUT2D eigenvalue weighted by atomic mass is 16.5. The lowest BCUT2D eigenvalue weighted by atomic mass is 9.81. The van der Waals surface area contributed by atoms with Crippen LogP contribution in [-0.2, 0) is 10.3 Å². The monoisotopic (exact) mass is 367 g/mol. The summed E-state index contributed by atoms with van der Waals surface area (Å²) in [5.41, 5.74) is 2.18. The standard InChI is InChI=1S/C23H29NO3/c1-17(2)23(25,20-7-11-22(12-8-20)27-18(3)4)19-5-9-21(10-6-19)24-13-15-26-16-14-24/h5-12,18,25H,1,13-16H2,2-4H3. The molecule has 1 heterocycles. The summed E-state index contributed by atoms with van der Waals surface area (Å²) in [4.78, 5) is 2.30. The van der Waals surface area contributed by atoms with Crippen molar-refractivity contribution in [1.82, 2.24) is 0 Å². The SMILES string of the molecule is C=C(C)C(O)(c1ccc(OC(C)C)cc1)c1ccc(N2CCOCC2)cc1. The van der Waals surface area contributed by atoms with Crippen LogP contribution in [0, 0.1) is 0 Å². The van der Waals surface area contributed by atoms with Crippen LogP contribution in [0.1, 0.15) is 31.9 Å². The van der Waals surface area contributed by atoms with Gasteiger partial charge in [0, 0.05) is 18.8 Å². The molecule has 27 heavy (non-hydrogen) atoms. The molecule has 1 unspecified atom stereocenters. The van der Waals surface area contributed by atoms with E-state index >= 15 is 0 Å². The normalized spacial score (nSPS) is 16.9. The lowest BCUT2D eigenvalue weighted by Gasteiger charge is -2.32. The van der Waals surface area contributed by atoms with Crippen molar-refractivity contribution < 1.29 is 14.6 Å². The molecule has 0 aliphatic carbocycles. The van der Waals surface area contributed by atoms with E-state index in [4.69, 9.17) is 9.47 Å². The fraction of sp³-hybridized carbons (Fsp3) is 0.391. The highest BCUT2D eigenvalue weighted by molar-refractivity contribution is 5.52. The largest absolute Gasteiger partial charge is 0.491 e. The van der Waals surface area contributed by atoms with Gasteiger partial charge < -0.3 is 19.5 Å². The smallest absolute Gasteiger partial charge is 0.136 e. The molecule has 4 nitrogen and oxygen atoms in total. The van der Waals surface area contributed by atoms with Gasteiger partial charge in [-0.3, -0.25) is 0 Å². The van der Waals surface area contributed by atoms with Crippen LogP contribution in [0.4, 0.5) is 5.69 Å². The fourth-order valence-corrected chi connectivity index (χ4v) is 3.44. The first-order chi connectivity index (χ1) is 12.9. The van der Waals surface area contributed by atoms with Gasteiger partial charge in [-0.05, 0) is 61.7 Å². The summed E-state index contributed by atoms with van der Waals surface area (Å²) in [6.45, 7) is 13.2. The molecule has 0 spiro atoms. The van der Waals surface area contributed by atoms with Crippen LogP contribution in [0.15, 0.2) is 60.7 Å².